The van der Waals surface area contributed by atoms with Crippen LogP contribution in [0.3, 0.4) is 0 Å². The van der Waals surface area contributed by atoms with Crippen LogP contribution in [0, 0.1) is 13.8 Å². The van der Waals surface area contributed by atoms with Crippen molar-refractivity contribution in [2.24, 2.45) is 0 Å². The minimum atomic E-state index is -0.970. The van der Waals surface area contributed by atoms with Crippen molar-refractivity contribution in [1.82, 2.24) is 10.6 Å². The molecule has 1 fully saturated rings. The van der Waals surface area contributed by atoms with E-state index in [2.05, 4.69) is 54.8 Å². The van der Waals surface area contributed by atoms with Gasteiger partial charge in [0.1, 0.15) is 23.7 Å². The summed E-state index contributed by atoms with van der Waals surface area (Å²) in [5.41, 5.74) is 7.75. The van der Waals surface area contributed by atoms with Crippen molar-refractivity contribution < 1.29 is 24.5 Å². The molecule has 4 N–H and O–H groups in total. The van der Waals surface area contributed by atoms with E-state index in [1.54, 1.807) is 13.8 Å². The molecule has 0 aromatic heterocycles. The highest BCUT2D eigenvalue weighted by atomic mass is 16.5. The number of nitrogens with one attached hydrogen (secondary N) is 2. The van der Waals surface area contributed by atoms with E-state index in [1.165, 1.54) is 39.5 Å². The maximum absolute atomic E-state index is 11.2. The predicted octanol–water partition coefficient (Wildman–Crippen LogP) is 5.22. The minimum absolute atomic E-state index is 0.162. The van der Waals surface area contributed by atoms with Crippen molar-refractivity contribution in [2.75, 3.05) is 13.2 Å². The Kier molecular flexibility index (Phi) is 6.97. The van der Waals surface area contributed by atoms with Crippen LogP contribution >= 0.6 is 0 Å². The second-order valence-corrected chi connectivity index (χ2v) is 11.6. The molecule has 2 aromatic carbocycles. The van der Waals surface area contributed by atoms with E-state index in [4.69, 9.17) is 9.47 Å². The summed E-state index contributed by atoms with van der Waals surface area (Å²) in [5.74, 6) is 0.586. The number of allylic oxidation sites excluding steroid dienone is 1. The lowest BCUT2D eigenvalue weighted by Gasteiger charge is -2.30. The molecule has 3 aliphatic rings. The molecule has 5 rings (SSSR count). The number of ether oxygens (including phenoxy) is 2. The third-order valence-electron chi connectivity index (χ3n) is 7.99. The zero-order chi connectivity index (χ0) is 27.9. The van der Waals surface area contributed by atoms with Crippen LogP contribution in [-0.4, -0.2) is 40.5 Å². The van der Waals surface area contributed by atoms with Gasteiger partial charge in [-0.1, -0.05) is 18.2 Å². The molecule has 0 spiro atoms. The molecule has 206 valence electrons. The number of carboxylic acid groups (broad SMARTS) is 1. The number of rotatable bonds is 8. The van der Waals surface area contributed by atoms with Crippen LogP contribution in [0.25, 0.3) is 11.1 Å². The van der Waals surface area contributed by atoms with Gasteiger partial charge in [-0.15, -0.1) is 0 Å². The topological polar surface area (TPSA) is 100 Å². The summed E-state index contributed by atoms with van der Waals surface area (Å²) in [7, 11) is 0. The van der Waals surface area contributed by atoms with E-state index in [1.807, 2.05) is 19.2 Å². The number of aliphatic carboxylic acids is 1. The number of aliphatic hydroxyl groups is 1. The Morgan fingerprint density at radius 3 is 2.72 bits per heavy atom. The van der Waals surface area contributed by atoms with Crippen LogP contribution in [0.15, 0.2) is 65.7 Å². The van der Waals surface area contributed by atoms with Crippen molar-refractivity contribution >= 4 is 5.97 Å². The summed E-state index contributed by atoms with van der Waals surface area (Å²) < 4.78 is 11.8. The van der Waals surface area contributed by atoms with Gasteiger partial charge in [-0.25, -0.2) is 4.79 Å². The maximum atomic E-state index is 11.2. The fraction of sp³-hybridized carbons (Fsp3) is 0.406. The second kappa shape index (κ2) is 10.1. The van der Waals surface area contributed by atoms with Crippen molar-refractivity contribution in [3.05, 3.63) is 88.0 Å². The van der Waals surface area contributed by atoms with Gasteiger partial charge in [-0.3, -0.25) is 0 Å². The van der Waals surface area contributed by atoms with Crippen molar-refractivity contribution in [2.45, 2.75) is 71.1 Å². The summed E-state index contributed by atoms with van der Waals surface area (Å²) in [6.45, 7) is 10.5. The Morgan fingerprint density at radius 2 is 2.03 bits per heavy atom. The molecule has 2 aromatic rings. The van der Waals surface area contributed by atoms with E-state index in [0.717, 1.165) is 30.0 Å². The molecule has 0 amide bonds. The monoisotopic (exact) mass is 530 g/mol. The Bertz CT molecular complexity index is 1370. The SMILES string of the molecule is Cc1cc(OCCC(C)(C)O)cc(C)c1-c1cccc2c1CC[C@H]2NC1=CNC2(C)C(=C1)OC/C2=C\C(=O)O. The van der Waals surface area contributed by atoms with E-state index in [9.17, 15) is 15.0 Å². The number of fused-ring (bicyclic) bond motifs is 2. The highest BCUT2D eigenvalue weighted by molar-refractivity contribution is 5.82. The molecule has 39 heavy (non-hydrogen) atoms. The van der Waals surface area contributed by atoms with Gasteiger partial charge in [0, 0.05) is 30.3 Å². The number of aryl methyl sites for hydroxylation is 2. The molecule has 0 saturated carbocycles. The lowest BCUT2D eigenvalue weighted by Crippen LogP contribution is -2.43. The lowest BCUT2D eigenvalue weighted by molar-refractivity contribution is -0.131. The smallest absolute Gasteiger partial charge is 0.328 e. The molecule has 2 aliphatic heterocycles. The first-order chi connectivity index (χ1) is 18.4. The van der Waals surface area contributed by atoms with Crippen LogP contribution in [0.5, 0.6) is 5.75 Å². The van der Waals surface area contributed by atoms with Gasteiger partial charge >= 0.3 is 5.97 Å². The summed E-state index contributed by atoms with van der Waals surface area (Å²) in [5, 5.41) is 26.2. The molecule has 7 nitrogen and oxygen atoms in total. The van der Waals surface area contributed by atoms with Gasteiger partial charge in [0.2, 0.25) is 0 Å². The highest BCUT2D eigenvalue weighted by Crippen LogP contribution is 2.42. The van der Waals surface area contributed by atoms with E-state index >= 15 is 0 Å². The lowest BCUT2D eigenvalue weighted by atomic mass is 9.89. The van der Waals surface area contributed by atoms with Crippen LogP contribution in [0.4, 0.5) is 0 Å². The van der Waals surface area contributed by atoms with Crippen LogP contribution in [0.2, 0.25) is 0 Å². The minimum Gasteiger partial charge on any atom is -0.493 e. The first-order valence-electron chi connectivity index (χ1n) is 13.6. The Labute approximate surface area is 230 Å². The van der Waals surface area contributed by atoms with Crippen LogP contribution in [0.1, 0.15) is 61.9 Å². The summed E-state index contributed by atoms with van der Waals surface area (Å²) in [6.07, 6.45) is 7.65. The number of hydrogen-bond donors (Lipinski definition) is 4. The van der Waals surface area contributed by atoms with Crippen molar-refractivity contribution in [3.8, 4) is 16.9 Å². The number of carbonyl (C=O) groups is 1. The molecule has 0 bridgehead atoms. The molecule has 0 radical (unpaired) electrons. The molecular formula is C32H38N2O5. The Balaban J connectivity index is 1.35. The Morgan fingerprint density at radius 1 is 1.28 bits per heavy atom. The first kappa shape index (κ1) is 26.9. The third-order valence-corrected chi connectivity index (χ3v) is 7.99. The molecule has 1 saturated heterocycles. The fourth-order valence-corrected chi connectivity index (χ4v) is 5.87. The van der Waals surface area contributed by atoms with Crippen LogP contribution in [-0.2, 0) is 16.0 Å². The largest absolute Gasteiger partial charge is 0.493 e. The molecule has 2 heterocycles. The highest BCUT2D eigenvalue weighted by Gasteiger charge is 2.42. The molecule has 1 aliphatic carbocycles. The predicted molar refractivity (Wildman–Crippen MR) is 151 cm³/mol. The van der Waals surface area contributed by atoms with Gasteiger partial charge in [-0.05, 0) is 93.0 Å². The molecule has 7 heteroatoms. The normalized spacial score (nSPS) is 22.8. The summed E-state index contributed by atoms with van der Waals surface area (Å²) >= 11 is 0. The number of hydrogen-bond acceptors (Lipinski definition) is 6. The number of carboxylic acids is 1. The quantitative estimate of drug-likeness (QED) is 0.348. The van der Waals surface area contributed by atoms with Gasteiger partial charge in [-0.2, -0.15) is 0 Å². The van der Waals surface area contributed by atoms with E-state index < -0.39 is 17.1 Å². The molecule has 1 unspecified atom stereocenters. The second-order valence-electron chi connectivity index (χ2n) is 11.6. The van der Waals surface area contributed by atoms with E-state index in [-0.39, 0.29) is 12.6 Å². The van der Waals surface area contributed by atoms with Crippen LogP contribution < -0.4 is 15.4 Å². The average molecular weight is 531 g/mol. The van der Waals surface area contributed by atoms with Gasteiger partial charge in [0.05, 0.1) is 23.9 Å². The number of benzene rings is 2. The van der Waals surface area contributed by atoms with E-state index in [0.29, 0.717) is 18.6 Å². The van der Waals surface area contributed by atoms with Gasteiger partial charge in [0.15, 0.2) is 0 Å². The fourth-order valence-electron chi connectivity index (χ4n) is 5.87. The molecular weight excluding hydrogens is 492 g/mol. The average Bonchev–Trinajstić information content (AvgIpc) is 3.39. The van der Waals surface area contributed by atoms with Gasteiger partial charge < -0.3 is 30.3 Å². The number of dihydropyridines is 1. The summed E-state index contributed by atoms with van der Waals surface area (Å²) in [6, 6.07) is 10.9. The van der Waals surface area contributed by atoms with Crippen molar-refractivity contribution in [1.29, 1.82) is 0 Å². The van der Waals surface area contributed by atoms with Gasteiger partial charge in [0.25, 0.3) is 0 Å². The zero-order valence-corrected chi connectivity index (χ0v) is 23.4. The first-order valence-corrected chi connectivity index (χ1v) is 13.6. The third kappa shape index (κ3) is 5.41. The molecule has 2 atom stereocenters. The standard InChI is InChI=1S/C32H38N2O5/c1-19-13-23(38-12-11-31(3,4)37)14-20(2)30(19)26-8-6-7-25-24(26)9-10-27(25)34-22-16-28-32(5,33-17-22)21(18-39-28)15-29(35)36/h6-8,13-17,27,33-34,37H,9-12,18H2,1-5H3,(H,35,36)/b21-15+/t27-,32?/m1/s1. The summed E-state index contributed by atoms with van der Waals surface area (Å²) in [4.78, 5) is 11.2. The Hall–Kier alpha value is -3.71. The maximum Gasteiger partial charge on any atom is 0.328 e. The van der Waals surface area contributed by atoms with Crippen molar-refractivity contribution in [3.63, 3.8) is 0 Å². The zero-order valence-electron chi connectivity index (χ0n) is 23.4.